The first-order valence-corrected chi connectivity index (χ1v) is 10.5. The van der Waals surface area contributed by atoms with Crippen molar-refractivity contribution in [2.24, 2.45) is 0 Å². The zero-order valence-electron chi connectivity index (χ0n) is 15.3. The summed E-state index contributed by atoms with van der Waals surface area (Å²) >= 11 is 15.2. The number of amides is 3. The van der Waals surface area contributed by atoms with Crippen molar-refractivity contribution in [2.75, 3.05) is 18.4 Å². The Bertz CT molecular complexity index is 937. The van der Waals surface area contributed by atoms with Gasteiger partial charge in [0.15, 0.2) is 0 Å². The van der Waals surface area contributed by atoms with Crippen LogP contribution in [0, 0.1) is 0 Å². The van der Waals surface area contributed by atoms with E-state index in [4.69, 9.17) is 23.2 Å². The first-order valence-electron chi connectivity index (χ1n) is 8.94. The van der Waals surface area contributed by atoms with Crippen LogP contribution in [0.1, 0.15) is 23.2 Å². The number of nitrogens with one attached hydrogen (secondary N) is 2. The van der Waals surface area contributed by atoms with Crippen LogP contribution in [0.25, 0.3) is 0 Å². The lowest BCUT2D eigenvalue weighted by Gasteiger charge is -2.24. The van der Waals surface area contributed by atoms with Crippen LogP contribution in [0.15, 0.2) is 46.9 Å². The minimum Gasteiger partial charge on any atom is -0.345 e. The van der Waals surface area contributed by atoms with E-state index in [9.17, 15) is 14.4 Å². The Morgan fingerprint density at radius 1 is 1.07 bits per heavy atom. The molecule has 3 rings (SSSR count). The normalized spacial score (nSPS) is 15.8. The van der Waals surface area contributed by atoms with E-state index in [1.807, 2.05) is 0 Å². The van der Waals surface area contributed by atoms with Gasteiger partial charge in [-0.05, 0) is 55.3 Å². The summed E-state index contributed by atoms with van der Waals surface area (Å²) in [6, 6.07) is 11.1. The minimum absolute atomic E-state index is 0.180. The first-order chi connectivity index (χ1) is 13.8. The molecule has 1 fully saturated rings. The Morgan fingerprint density at radius 2 is 1.79 bits per heavy atom. The number of carbonyl (C=O) groups excluding carboxylic acids is 3. The summed E-state index contributed by atoms with van der Waals surface area (Å²) in [7, 11) is 0. The van der Waals surface area contributed by atoms with Crippen molar-refractivity contribution in [1.29, 1.82) is 0 Å². The fraction of sp³-hybridized carbons (Fsp3) is 0.250. The van der Waals surface area contributed by atoms with Crippen LogP contribution in [0.5, 0.6) is 0 Å². The Kier molecular flexibility index (Phi) is 7.16. The monoisotopic (exact) mass is 497 g/mol. The molecule has 2 aromatic carbocycles. The molecule has 0 aromatic heterocycles. The van der Waals surface area contributed by atoms with Crippen LogP contribution >= 0.6 is 39.1 Å². The minimum atomic E-state index is -0.627. The number of benzene rings is 2. The second kappa shape index (κ2) is 9.61. The summed E-state index contributed by atoms with van der Waals surface area (Å²) < 4.78 is 0.900. The summed E-state index contributed by atoms with van der Waals surface area (Å²) in [6.45, 7) is 0.280. The molecule has 0 bridgehead atoms. The third-order valence-corrected chi connectivity index (χ3v) is 5.80. The molecule has 9 heteroatoms. The van der Waals surface area contributed by atoms with Crippen molar-refractivity contribution in [3.63, 3.8) is 0 Å². The molecule has 2 N–H and O–H groups in total. The van der Waals surface area contributed by atoms with E-state index >= 15 is 0 Å². The maximum atomic E-state index is 12.8. The van der Waals surface area contributed by atoms with E-state index < -0.39 is 6.04 Å². The highest BCUT2D eigenvalue weighted by atomic mass is 79.9. The number of rotatable bonds is 5. The van der Waals surface area contributed by atoms with Crippen molar-refractivity contribution in [1.82, 2.24) is 10.2 Å². The van der Waals surface area contributed by atoms with E-state index in [2.05, 4.69) is 26.6 Å². The predicted molar refractivity (Wildman–Crippen MR) is 116 cm³/mol. The van der Waals surface area contributed by atoms with Gasteiger partial charge in [-0.3, -0.25) is 14.4 Å². The second-order valence-corrected chi connectivity index (χ2v) is 8.29. The van der Waals surface area contributed by atoms with E-state index in [1.54, 1.807) is 36.4 Å². The highest BCUT2D eigenvalue weighted by molar-refractivity contribution is 9.10. The van der Waals surface area contributed by atoms with Gasteiger partial charge in [-0.25, -0.2) is 0 Å². The topological polar surface area (TPSA) is 78.5 Å². The van der Waals surface area contributed by atoms with E-state index in [0.29, 0.717) is 35.7 Å². The van der Waals surface area contributed by atoms with Crippen molar-refractivity contribution < 1.29 is 14.4 Å². The highest BCUT2D eigenvalue weighted by Crippen LogP contribution is 2.26. The van der Waals surface area contributed by atoms with Gasteiger partial charge in [0.2, 0.25) is 11.8 Å². The number of carbonyl (C=O) groups is 3. The lowest BCUT2D eigenvalue weighted by Crippen LogP contribution is -2.47. The van der Waals surface area contributed by atoms with Gasteiger partial charge >= 0.3 is 0 Å². The van der Waals surface area contributed by atoms with E-state index in [0.717, 1.165) is 4.47 Å². The van der Waals surface area contributed by atoms with Crippen LogP contribution < -0.4 is 10.6 Å². The standard InChI is InChI=1S/C20H18BrCl2N3O3/c21-13-4-6-14(7-5-13)25-18(27)11-24-19(28)17-2-1-9-26(17)20(29)12-3-8-15(22)16(23)10-12/h3-8,10,17H,1-2,9,11H2,(H,24,28)(H,25,27). The largest absolute Gasteiger partial charge is 0.345 e. The van der Waals surface area contributed by atoms with Crippen molar-refractivity contribution in [3.05, 3.63) is 62.5 Å². The maximum absolute atomic E-state index is 12.8. The third kappa shape index (κ3) is 5.50. The zero-order valence-corrected chi connectivity index (χ0v) is 18.4. The average molecular weight is 499 g/mol. The summed E-state index contributed by atoms with van der Waals surface area (Å²) in [5.41, 5.74) is 0.997. The molecular weight excluding hydrogens is 481 g/mol. The van der Waals surface area contributed by atoms with Gasteiger partial charge in [0, 0.05) is 22.3 Å². The Morgan fingerprint density at radius 3 is 2.48 bits per heavy atom. The summed E-state index contributed by atoms with van der Waals surface area (Å²) in [5.74, 6) is -0.997. The number of halogens is 3. The SMILES string of the molecule is O=C(CNC(=O)C1CCCN1C(=O)c1ccc(Cl)c(Cl)c1)Nc1ccc(Br)cc1. The number of nitrogens with zero attached hydrogens (tertiary/aromatic N) is 1. The van der Waals surface area contributed by atoms with Gasteiger partial charge in [0.1, 0.15) is 6.04 Å². The summed E-state index contributed by atoms with van der Waals surface area (Å²) in [6.07, 6.45) is 1.24. The Labute approximate surface area is 186 Å². The molecule has 152 valence electrons. The predicted octanol–water partition coefficient (Wildman–Crippen LogP) is 4.12. The Balaban J connectivity index is 1.57. The molecule has 1 aliphatic rings. The van der Waals surface area contributed by atoms with Gasteiger partial charge in [-0.1, -0.05) is 39.1 Å². The molecule has 2 aromatic rings. The van der Waals surface area contributed by atoms with Crippen molar-refractivity contribution in [2.45, 2.75) is 18.9 Å². The molecule has 6 nitrogen and oxygen atoms in total. The van der Waals surface area contributed by atoms with Crippen LogP contribution in [-0.2, 0) is 9.59 Å². The molecule has 0 aliphatic carbocycles. The van der Waals surface area contributed by atoms with Gasteiger partial charge in [-0.2, -0.15) is 0 Å². The molecular formula is C20H18BrCl2N3O3. The molecule has 1 aliphatic heterocycles. The van der Waals surface area contributed by atoms with Crippen LogP contribution in [0.4, 0.5) is 5.69 Å². The van der Waals surface area contributed by atoms with Crippen molar-refractivity contribution in [3.8, 4) is 0 Å². The third-order valence-electron chi connectivity index (χ3n) is 4.53. The second-order valence-electron chi connectivity index (χ2n) is 6.56. The smallest absolute Gasteiger partial charge is 0.254 e. The van der Waals surface area contributed by atoms with Crippen LogP contribution in [-0.4, -0.2) is 41.8 Å². The number of hydrogen-bond acceptors (Lipinski definition) is 3. The number of anilines is 1. The molecule has 3 amide bonds. The molecule has 1 heterocycles. The number of hydrogen-bond donors (Lipinski definition) is 2. The van der Waals surface area contributed by atoms with Gasteiger partial charge in [0.25, 0.3) is 5.91 Å². The van der Waals surface area contributed by atoms with Gasteiger partial charge in [0.05, 0.1) is 16.6 Å². The summed E-state index contributed by atoms with van der Waals surface area (Å²) in [5, 5.41) is 5.95. The lowest BCUT2D eigenvalue weighted by atomic mass is 10.1. The van der Waals surface area contributed by atoms with Crippen LogP contribution in [0.3, 0.4) is 0 Å². The van der Waals surface area contributed by atoms with Crippen molar-refractivity contribution >= 4 is 62.5 Å². The average Bonchev–Trinajstić information content (AvgIpc) is 3.19. The molecule has 0 saturated carbocycles. The van der Waals surface area contributed by atoms with Gasteiger partial charge < -0.3 is 15.5 Å². The highest BCUT2D eigenvalue weighted by Gasteiger charge is 2.34. The zero-order chi connectivity index (χ0) is 21.0. The number of likely N-dealkylation sites (tertiary alicyclic amines) is 1. The molecule has 1 saturated heterocycles. The molecule has 0 radical (unpaired) electrons. The quantitative estimate of drug-likeness (QED) is 0.650. The van der Waals surface area contributed by atoms with E-state index in [1.165, 1.54) is 11.0 Å². The lowest BCUT2D eigenvalue weighted by molar-refractivity contribution is -0.127. The fourth-order valence-electron chi connectivity index (χ4n) is 3.10. The fourth-order valence-corrected chi connectivity index (χ4v) is 3.66. The molecule has 29 heavy (non-hydrogen) atoms. The van der Waals surface area contributed by atoms with E-state index in [-0.39, 0.29) is 29.3 Å². The summed E-state index contributed by atoms with van der Waals surface area (Å²) in [4.78, 5) is 38.9. The maximum Gasteiger partial charge on any atom is 0.254 e. The first kappa shape index (κ1) is 21.6. The Hall–Kier alpha value is -2.09. The van der Waals surface area contributed by atoms with Crippen LogP contribution in [0.2, 0.25) is 10.0 Å². The molecule has 1 unspecified atom stereocenters. The molecule has 0 spiro atoms. The van der Waals surface area contributed by atoms with Gasteiger partial charge in [-0.15, -0.1) is 0 Å². The molecule has 1 atom stereocenters.